The van der Waals surface area contributed by atoms with E-state index in [1.807, 2.05) is 0 Å². The van der Waals surface area contributed by atoms with Gasteiger partial charge in [-0.1, -0.05) is 18.5 Å². The molecule has 0 aliphatic carbocycles. The molecular weight excluding hydrogens is 216 g/mol. The molecule has 1 rings (SSSR count). The standard InChI is InChI=1S/C11H13ClO3/c1-3-11(2,10(13)14)15-9-6-4-8(12)5-7-9/h4-7H,3H2,1-2H3,(H,13,14)/t11-/m0/s1. The third-order valence-corrected chi connectivity index (χ3v) is 2.54. The minimum atomic E-state index is -1.19. The smallest absolute Gasteiger partial charge is 0.347 e. The molecule has 0 spiro atoms. The first-order valence-electron chi connectivity index (χ1n) is 4.66. The highest BCUT2D eigenvalue weighted by atomic mass is 35.5. The van der Waals surface area contributed by atoms with Crippen molar-refractivity contribution in [1.29, 1.82) is 0 Å². The van der Waals surface area contributed by atoms with Gasteiger partial charge in [-0.3, -0.25) is 0 Å². The zero-order chi connectivity index (χ0) is 11.5. The lowest BCUT2D eigenvalue weighted by atomic mass is 10.0. The monoisotopic (exact) mass is 228 g/mol. The maximum atomic E-state index is 11.0. The quantitative estimate of drug-likeness (QED) is 0.862. The van der Waals surface area contributed by atoms with E-state index in [-0.39, 0.29) is 0 Å². The van der Waals surface area contributed by atoms with Crippen LogP contribution in [-0.2, 0) is 4.79 Å². The SMILES string of the molecule is CC[C@](C)(Oc1ccc(Cl)cc1)C(=O)O. The van der Waals surface area contributed by atoms with Crippen molar-refractivity contribution in [3.8, 4) is 5.75 Å². The highest BCUT2D eigenvalue weighted by Gasteiger charge is 2.33. The van der Waals surface area contributed by atoms with Crippen molar-refractivity contribution in [2.24, 2.45) is 0 Å². The Morgan fingerprint density at radius 1 is 1.47 bits per heavy atom. The Bertz CT molecular complexity index is 347. The molecule has 1 atom stereocenters. The fraction of sp³-hybridized carbons (Fsp3) is 0.364. The molecule has 0 aliphatic rings. The Kier molecular flexibility index (Phi) is 3.58. The fourth-order valence-electron chi connectivity index (χ4n) is 1.03. The van der Waals surface area contributed by atoms with Crippen molar-refractivity contribution in [2.45, 2.75) is 25.9 Å². The van der Waals surface area contributed by atoms with Crippen LogP contribution in [0.15, 0.2) is 24.3 Å². The van der Waals surface area contributed by atoms with Crippen LogP contribution < -0.4 is 4.74 Å². The second kappa shape index (κ2) is 4.53. The van der Waals surface area contributed by atoms with E-state index in [1.54, 1.807) is 38.1 Å². The molecule has 82 valence electrons. The Hall–Kier alpha value is -1.22. The van der Waals surface area contributed by atoms with Crippen LogP contribution >= 0.6 is 11.6 Å². The minimum absolute atomic E-state index is 0.394. The van der Waals surface area contributed by atoms with E-state index in [0.717, 1.165) is 0 Å². The number of aliphatic carboxylic acids is 1. The number of carboxylic acids is 1. The van der Waals surface area contributed by atoms with E-state index in [2.05, 4.69) is 0 Å². The van der Waals surface area contributed by atoms with Crippen LogP contribution in [0.3, 0.4) is 0 Å². The van der Waals surface area contributed by atoms with Gasteiger partial charge in [0.1, 0.15) is 5.75 Å². The average molecular weight is 229 g/mol. The van der Waals surface area contributed by atoms with Crippen LogP contribution in [0.5, 0.6) is 5.75 Å². The highest BCUT2D eigenvalue weighted by molar-refractivity contribution is 6.30. The molecule has 0 unspecified atom stereocenters. The van der Waals surface area contributed by atoms with Crippen LogP contribution in [0, 0.1) is 0 Å². The number of carboxylic acid groups (broad SMARTS) is 1. The Morgan fingerprint density at radius 3 is 2.40 bits per heavy atom. The predicted molar refractivity (Wildman–Crippen MR) is 58.4 cm³/mol. The number of rotatable bonds is 4. The van der Waals surface area contributed by atoms with Crippen LogP contribution in [0.1, 0.15) is 20.3 Å². The van der Waals surface area contributed by atoms with Gasteiger partial charge in [0.25, 0.3) is 0 Å². The third kappa shape index (κ3) is 2.86. The second-order valence-electron chi connectivity index (χ2n) is 3.45. The van der Waals surface area contributed by atoms with Gasteiger partial charge in [0.05, 0.1) is 0 Å². The summed E-state index contributed by atoms with van der Waals surface area (Å²) in [6.07, 6.45) is 0.394. The number of ether oxygens (including phenoxy) is 1. The van der Waals surface area contributed by atoms with Gasteiger partial charge in [-0.05, 0) is 37.6 Å². The number of carbonyl (C=O) groups is 1. The van der Waals surface area contributed by atoms with Crippen molar-refractivity contribution in [2.75, 3.05) is 0 Å². The lowest BCUT2D eigenvalue weighted by Gasteiger charge is -2.24. The van der Waals surface area contributed by atoms with E-state index in [0.29, 0.717) is 17.2 Å². The molecule has 4 heteroatoms. The fourth-order valence-corrected chi connectivity index (χ4v) is 1.16. The first-order chi connectivity index (χ1) is 6.98. The molecule has 0 aliphatic heterocycles. The maximum Gasteiger partial charge on any atom is 0.347 e. The highest BCUT2D eigenvalue weighted by Crippen LogP contribution is 2.23. The predicted octanol–water partition coefficient (Wildman–Crippen LogP) is 2.97. The molecule has 15 heavy (non-hydrogen) atoms. The van der Waals surface area contributed by atoms with Crippen LogP contribution in [0.2, 0.25) is 5.02 Å². The summed E-state index contributed by atoms with van der Waals surface area (Å²) in [6, 6.07) is 6.63. The Labute approximate surface area is 93.6 Å². The third-order valence-electron chi connectivity index (χ3n) is 2.28. The number of halogens is 1. The first-order valence-corrected chi connectivity index (χ1v) is 5.03. The molecule has 0 fully saturated rings. The van der Waals surface area contributed by atoms with Crippen molar-refractivity contribution in [3.63, 3.8) is 0 Å². The largest absolute Gasteiger partial charge is 0.478 e. The van der Waals surface area contributed by atoms with Crippen molar-refractivity contribution < 1.29 is 14.6 Å². The van der Waals surface area contributed by atoms with E-state index in [1.165, 1.54) is 0 Å². The number of hydrogen-bond donors (Lipinski definition) is 1. The summed E-state index contributed by atoms with van der Waals surface area (Å²) in [5.41, 5.74) is -1.19. The summed E-state index contributed by atoms with van der Waals surface area (Å²) in [6.45, 7) is 3.31. The minimum Gasteiger partial charge on any atom is -0.478 e. The first kappa shape index (κ1) is 11.9. The summed E-state index contributed by atoms with van der Waals surface area (Å²) in [5, 5.41) is 9.59. The van der Waals surface area contributed by atoms with Crippen molar-refractivity contribution in [1.82, 2.24) is 0 Å². The van der Waals surface area contributed by atoms with E-state index >= 15 is 0 Å². The van der Waals surface area contributed by atoms with Gasteiger partial charge in [-0.15, -0.1) is 0 Å². The van der Waals surface area contributed by atoms with Gasteiger partial charge >= 0.3 is 5.97 Å². The molecule has 0 radical (unpaired) electrons. The Morgan fingerprint density at radius 2 is 2.00 bits per heavy atom. The topological polar surface area (TPSA) is 46.5 Å². The number of hydrogen-bond acceptors (Lipinski definition) is 2. The molecule has 0 saturated carbocycles. The molecule has 0 amide bonds. The zero-order valence-corrected chi connectivity index (χ0v) is 9.41. The molecular formula is C11H13ClO3. The van der Waals surface area contributed by atoms with E-state index in [9.17, 15) is 4.79 Å². The molecule has 0 saturated heterocycles. The molecule has 0 aromatic heterocycles. The molecule has 0 heterocycles. The molecule has 1 N–H and O–H groups in total. The summed E-state index contributed by atoms with van der Waals surface area (Å²) in [7, 11) is 0. The summed E-state index contributed by atoms with van der Waals surface area (Å²) >= 11 is 5.71. The van der Waals surface area contributed by atoms with Gasteiger partial charge in [0, 0.05) is 5.02 Å². The summed E-state index contributed by atoms with van der Waals surface area (Å²) in [5.74, 6) is -0.467. The van der Waals surface area contributed by atoms with Crippen molar-refractivity contribution >= 4 is 17.6 Å². The lowest BCUT2D eigenvalue weighted by molar-refractivity contribution is -0.154. The van der Waals surface area contributed by atoms with E-state index < -0.39 is 11.6 Å². The maximum absolute atomic E-state index is 11.0. The zero-order valence-electron chi connectivity index (χ0n) is 8.66. The van der Waals surface area contributed by atoms with Gasteiger partial charge in [-0.2, -0.15) is 0 Å². The van der Waals surface area contributed by atoms with Crippen LogP contribution in [-0.4, -0.2) is 16.7 Å². The number of benzene rings is 1. The van der Waals surface area contributed by atoms with Crippen LogP contribution in [0.4, 0.5) is 0 Å². The molecule has 1 aromatic carbocycles. The van der Waals surface area contributed by atoms with Crippen LogP contribution in [0.25, 0.3) is 0 Å². The average Bonchev–Trinajstić information content (AvgIpc) is 2.21. The van der Waals surface area contributed by atoms with Gasteiger partial charge in [0.2, 0.25) is 5.60 Å². The van der Waals surface area contributed by atoms with Gasteiger partial charge in [0.15, 0.2) is 0 Å². The molecule has 3 nitrogen and oxygen atoms in total. The summed E-state index contributed by atoms with van der Waals surface area (Å²) < 4.78 is 5.41. The lowest BCUT2D eigenvalue weighted by Crippen LogP contribution is -2.40. The molecule has 0 bridgehead atoms. The normalized spacial score (nSPS) is 14.3. The molecule has 1 aromatic rings. The second-order valence-corrected chi connectivity index (χ2v) is 3.88. The van der Waals surface area contributed by atoms with Gasteiger partial charge < -0.3 is 9.84 Å². The summed E-state index contributed by atoms with van der Waals surface area (Å²) in [4.78, 5) is 11.0. The van der Waals surface area contributed by atoms with Crippen molar-refractivity contribution in [3.05, 3.63) is 29.3 Å². The Balaban J connectivity index is 2.84. The van der Waals surface area contributed by atoms with Gasteiger partial charge in [-0.25, -0.2) is 4.79 Å². The van der Waals surface area contributed by atoms with E-state index in [4.69, 9.17) is 21.4 Å².